The summed E-state index contributed by atoms with van der Waals surface area (Å²) in [5.74, 6) is 5.98. The number of benzene rings is 1. The molecule has 1 aromatic carbocycles. The fraction of sp³-hybridized carbons (Fsp3) is 0.250. The van der Waals surface area contributed by atoms with Crippen molar-refractivity contribution in [3.8, 4) is 23.3 Å². The number of halogens is 2. The first-order valence-electron chi connectivity index (χ1n) is 6.83. The van der Waals surface area contributed by atoms with E-state index in [9.17, 15) is 9.59 Å². The van der Waals surface area contributed by atoms with Gasteiger partial charge in [0, 0.05) is 19.1 Å². The summed E-state index contributed by atoms with van der Waals surface area (Å²) in [7, 11) is 2.91. The van der Waals surface area contributed by atoms with E-state index in [1.165, 1.54) is 24.9 Å². The standard InChI is InChI=1S/C16H14Cl2N2O4/c1-19-10-14(15(21)20(2)16(19)22)24-8-4-3-7-23-13-6-5-11(17)9-12(13)18/h5-6,9-10H,7-8H2,1-2H3. The minimum Gasteiger partial charge on any atom is -0.479 e. The van der Waals surface area contributed by atoms with Gasteiger partial charge in [0.25, 0.3) is 5.56 Å². The van der Waals surface area contributed by atoms with E-state index in [-0.39, 0.29) is 19.0 Å². The Morgan fingerprint density at radius 2 is 1.67 bits per heavy atom. The summed E-state index contributed by atoms with van der Waals surface area (Å²) in [5.41, 5.74) is -0.934. The van der Waals surface area contributed by atoms with E-state index in [1.54, 1.807) is 18.2 Å². The fourth-order valence-corrected chi connectivity index (χ4v) is 2.26. The van der Waals surface area contributed by atoms with Crippen LogP contribution < -0.4 is 20.7 Å². The van der Waals surface area contributed by atoms with E-state index >= 15 is 0 Å². The molecule has 0 saturated carbocycles. The molecule has 0 unspecified atom stereocenters. The monoisotopic (exact) mass is 368 g/mol. The average Bonchev–Trinajstić information content (AvgIpc) is 2.55. The van der Waals surface area contributed by atoms with E-state index in [0.717, 1.165) is 4.57 Å². The van der Waals surface area contributed by atoms with Gasteiger partial charge in [-0.2, -0.15) is 0 Å². The van der Waals surface area contributed by atoms with Gasteiger partial charge in [0.1, 0.15) is 19.0 Å². The van der Waals surface area contributed by atoms with Gasteiger partial charge in [-0.15, -0.1) is 0 Å². The molecule has 0 saturated heterocycles. The molecule has 6 nitrogen and oxygen atoms in total. The smallest absolute Gasteiger partial charge is 0.330 e. The molecule has 0 radical (unpaired) electrons. The Morgan fingerprint density at radius 1 is 1.04 bits per heavy atom. The molecule has 0 amide bonds. The zero-order valence-corrected chi connectivity index (χ0v) is 14.5. The van der Waals surface area contributed by atoms with Crippen LogP contribution in [0.25, 0.3) is 0 Å². The summed E-state index contributed by atoms with van der Waals surface area (Å²) < 4.78 is 12.9. The highest BCUT2D eigenvalue weighted by Crippen LogP contribution is 2.27. The topological polar surface area (TPSA) is 62.5 Å². The minimum absolute atomic E-state index is 0.00878. The minimum atomic E-state index is -0.510. The highest BCUT2D eigenvalue weighted by atomic mass is 35.5. The lowest BCUT2D eigenvalue weighted by Gasteiger charge is -2.06. The van der Waals surface area contributed by atoms with E-state index in [0.29, 0.717) is 15.8 Å². The lowest BCUT2D eigenvalue weighted by molar-refractivity contribution is 0.352. The molecule has 2 aromatic rings. The van der Waals surface area contributed by atoms with Crippen LogP contribution in [0.2, 0.25) is 10.0 Å². The molecule has 24 heavy (non-hydrogen) atoms. The van der Waals surface area contributed by atoms with Crippen LogP contribution in [0, 0.1) is 11.8 Å². The van der Waals surface area contributed by atoms with Gasteiger partial charge in [0.05, 0.1) is 11.2 Å². The SMILES string of the molecule is Cn1cc(OCC#CCOc2ccc(Cl)cc2Cl)c(=O)n(C)c1=O. The molecule has 0 fully saturated rings. The second-order valence-corrected chi connectivity index (χ2v) is 5.60. The van der Waals surface area contributed by atoms with Crippen LogP contribution in [0.5, 0.6) is 11.5 Å². The molecule has 8 heteroatoms. The van der Waals surface area contributed by atoms with Gasteiger partial charge in [-0.1, -0.05) is 35.0 Å². The molecular formula is C16H14Cl2N2O4. The van der Waals surface area contributed by atoms with Gasteiger partial charge in [-0.05, 0) is 18.2 Å². The summed E-state index contributed by atoms with van der Waals surface area (Å²) in [6, 6.07) is 4.89. The van der Waals surface area contributed by atoms with Gasteiger partial charge in [0.15, 0.2) is 0 Å². The second kappa shape index (κ2) is 7.95. The van der Waals surface area contributed by atoms with Gasteiger partial charge in [0.2, 0.25) is 5.75 Å². The van der Waals surface area contributed by atoms with Crippen molar-refractivity contribution in [3.05, 3.63) is 55.3 Å². The molecule has 2 rings (SSSR count). The molecule has 0 aliphatic carbocycles. The van der Waals surface area contributed by atoms with Crippen molar-refractivity contribution in [1.29, 1.82) is 0 Å². The Bertz CT molecular complexity index is 922. The summed E-state index contributed by atoms with van der Waals surface area (Å²) in [6.07, 6.45) is 1.33. The Labute approximate surface area is 148 Å². The number of aromatic nitrogens is 2. The van der Waals surface area contributed by atoms with Crippen molar-refractivity contribution in [2.45, 2.75) is 0 Å². The first-order valence-corrected chi connectivity index (χ1v) is 7.59. The summed E-state index contributed by atoms with van der Waals surface area (Å²) >= 11 is 11.8. The van der Waals surface area contributed by atoms with Crippen molar-refractivity contribution in [1.82, 2.24) is 9.13 Å². The predicted octanol–water partition coefficient (Wildman–Crippen LogP) is 1.85. The van der Waals surface area contributed by atoms with Crippen molar-refractivity contribution < 1.29 is 9.47 Å². The zero-order chi connectivity index (χ0) is 17.7. The van der Waals surface area contributed by atoms with Gasteiger partial charge in [-0.25, -0.2) is 4.79 Å². The molecule has 0 bridgehead atoms. The number of hydrogen-bond donors (Lipinski definition) is 0. The fourth-order valence-electron chi connectivity index (χ4n) is 1.80. The molecule has 0 aliphatic rings. The molecule has 1 heterocycles. The Morgan fingerprint density at radius 3 is 2.29 bits per heavy atom. The molecule has 0 atom stereocenters. The van der Waals surface area contributed by atoms with Crippen LogP contribution >= 0.6 is 23.2 Å². The zero-order valence-electron chi connectivity index (χ0n) is 13.0. The van der Waals surface area contributed by atoms with Gasteiger partial charge in [-0.3, -0.25) is 13.9 Å². The van der Waals surface area contributed by atoms with Crippen LogP contribution in [-0.4, -0.2) is 22.3 Å². The summed E-state index contributed by atoms with van der Waals surface area (Å²) in [6.45, 7) is 0.0984. The quantitative estimate of drug-likeness (QED) is 0.772. The normalized spacial score (nSPS) is 10.0. The van der Waals surface area contributed by atoms with Crippen molar-refractivity contribution in [2.24, 2.45) is 14.1 Å². The second-order valence-electron chi connectivity index (χ2n) is 4.76. The molecule has 1 aromatic heterocycles. The van der Waals surface area contributed by atoms with Gasteiger partial charge >= 0.3 is 5.69 Å². The number of aryl methyl sites for hydroxylation is 1. The first kappa shape index (κ1) is 18.0. The Hall–Kier alpha value is -2.36. The maximum absolute atomic E-state index is 11.8. The molecule has 0 N–H and O–H groups in total. The number of nitrogens with zero attached hydrogens (tertiary/aromatic N) is 2. The molecule has 0 aliphatic heterocycles. The van der Waals surface area contributed by atoms with Gasteiger partial charge < -0.3 is 9.47 Å². The molecule has 0 spiro atoms. The number of rotatable bonds is 4. The third-order valence-electron chi connectivity index (χ3n) is 3.03. The van der Waals surface area contributed by atoms with E-state index < -0.39 is 11.2 Å². The summed E-state index contributed by atoms with van der Waals surface area (Å²) in [4.78, 5) is 23.4. The lowest BCUT2D eigenvalue weighted by Crippen LogP contribution is -2.37. The molecule has 126 valence electrons. The maximum Gasteiger partial charge on any atom is 0.330 e. The van der Waals surface area contributed by atoms with Crippen molar-refractivity contribution in [3.63, 3.8) is 0 Å². The van der Waals surface area contributed by atoms with Crippen LogP contribution in [0.3, 0.4) is 0 Å². The van der Waals surface area contributed by atoms with Crippen LogP contribution in [0.15, 0.2) is 34.0 Å². The maximum atomic E-state index is 11.8. The number of hydrogen-bond acceptors (Lipinski definition) is 4. The third-order valence-corrected chi connectivity index (χ3v) is 3.56. The van der Waals surface area contributed by atoms with Crippen molar-refractivity contribution >= 4 is 23.2 Å². The largest absolute Gasteiger partial charge is 0.479 e. The van der Waals surface area contributed by atoms with Crippen LogP contribution in [0.1, 0.15) is 0 Å². The highest BCUT2D eigenvalue weighted by Gasteiger charge is 2.06. The Balaban J connectivity index is 1.91. The predicted molar refractivity (Wildman–Crippen MR) is 92.2 cm³/mol. The van der Waals surface area contributed by atoms with Crippen LogP contribution in [0.4, 0.5) is 0 Å². The first-order chi connectivity index (χ1) is 11.4. The average molecular weight is 369 g/mol. The Kier molecular flexibility index (Phi) is 5.96. The lowest BCUT2D eigenvalue weighted by atomic mass is 10.3. The van der Waals surface area contributed by atoms with E-state index in [1.807, 2.05) is 0 Å². The third kappa shape index (κ3) is 4.34. The van der Waals surface area contributed by atoms with E-state index in [2.05, 4.69) is 11.8 Å². The van der Waals surface area contributed by atoms with E-state index in [4.69, 9.17) is 32.7 Å². The molecular weight excluding hydrogens is 355 g/mol. The summed E-state index contributed by atoms with van der Waals surface area (Å²) in [5, 5.41) is 0.917. The van der Waals surface area contributed by atoms with Crippen LogP contribution in [-0.2, 0) is 14.1 Å². The highest BCUT2D eigenvalue weighted by molar-refractivity contribution is 6.35. The van der Waals surface area contributed by atoms with Crippen molar-refractivity contribution in [2.75, 3.05) is 13.2 Å². The number of ether oxygens (including phenoxy) is 2.